The topological polar surface area (TPSA) is 76.2 Å². The van der Waals surface area contributed by atoms with Gasteiger partial charge in [-0.3, -0.25) is 4.79 Å². The third-order valence-corrected chi connectivity index (χ3v) is 4.46. The molecule has 1 fully saturated rings. The van der Waals surface area contributed by atoms with Crippen molar-refractivity contribution in [2.45, 2.75) is 18.9 Å². The highest BCUT2D eigenvalue weighted by Crippen LogP contribution is 2.27. The van der Waals surface area contributed by atoms with E-state index in [0.717, 1.165) is 42.7 Å². The van der Waals surface area contributed by atoms with Gasteiger partial charge < -0.3 is 19.2 Å². The van der Waals surface area contributed by atoms with Crippen molar-refractivity contribution >= 4 is 22.7 Å². The molecule has 4 rings (SSSR count). The fourth-order valence-electron chi connectivity index (χ4n) is 3.25. The Balaban J connectivity index is 1.51. The molecule has 1 aliphatic heterocycles. The molecule has 0 spiro atoms. The van der Waals surface area contributed by atoms with Gasteiger partial charge in [-0.1, -0.05) is 0 Å². The molecule has 1 N–H and O–H groups in total. The zero-order valence-electron chi connectivity index (χ0n) is 13.5. The fraction of sp³-hybridized carbons (Fsp3) is 0.353. The van der Waals surface area contributed by atoms with E-state index in [4.69, 9.17) is 4.42 Å². The van der Waals surface area contributed by atoms with Gasteiger partial charge in [-0.15, -0.1) is 0 Å². The van der Waals surface area contributed by atoms with Gasteiger partial charge >= 0.3 is 0 Å². The van der Waals surface area contributed by atoms with E-state index >= 15 is 0 Å². The van der Waals surface area contributed by atoms with E-state index in [2.05, 4.69) is 20.2 Å². The Hall–Kier alpha value is -2.83. The number of hydrogen-bond donors (Lipinski definition) is 1. The first kappa shape index (κ1) is 14.7. The normalized spacial score (nSPS) is 18.0. The molecular formula is C17H19N5O2. The average molecular weight is 325 g/mol. The molecule has 0 aromatic carbocycles. The van der Waals surface area contributed by atoms with Gasteiger partial charge in [-0.05, 0) is 25.0 Å². The molecule has 7 heteroatoms. The van der Waals surface area contributed by atoms with Crippen LogP contribution in [0.1, 0.15) is 23.3 Å². The highest BCUT2D eigenvalue weighted by atomic mass is 16.3. The molecule has 3 aromatic heterocycles. The second-order valence-corrected chi connectivity index (χ2v) is 6.12. The minimum atomic E-state index is -0.0867. The number of amides is 1. The number of piperidine rings is 1. The third-order valence-electron chi connectivity index (χ3n) is 4.46. The monoisotopic (exact) mass is 325 g/mol. The first-order chi connectivity index (χ1) is 11.7. The Bertz CT molecular complexity index is 869. The zero-order valence-corrected chi connectivity index (χ0v) is 13.5. The van der Waals surface area contributed by atoms with Crippen molar-refractivity contribution in [2.24, 2.45) is 7.05 Å². The van der Waals surface area contributed by atoms with Crippen molar-refractivity contribution in [3.05, 3.63) is 42.8 Å². The van der Waals surface area contributed by atoms with Crippen LogP contribution in [0, 0.1) is 0 Å². The van der Waals surface area contributed by atoms with Crippen LogP contribution >= 0.6 is 0 Å². The number of anilines is 1. The summed E-state index contributed by atoms with van der Waals surface area (Å²) in [5.41, 5.74) is 1.41. The first-order valence-corrected chi connectivity index (χ1v) is 8.07. The second-order valence-electron chi connectivity index (χ2n) is 6.12. The Kier molecular flexibility index (Phi) is 3.68. The number of hydrogen-bond acceptors (Lipinski definition) is 5. The van der Waals surface area contributed by atoms with Gasteiger partial charge in [0.05, 0.1) is 24.2 Å². The lowest BCUT2D eigenvalue weighted by atomic mass is 10.0. The van der Waals surface area contributed by atoms with Gasteiger partial charge in [-0.2, -0.15) is 0 Å². The molecule has 1 aliphatic rings. The van der Waals surface area contributed by atoms with E-state index in [1.165, 1.54) is 0 Å². The average Bonchev–Trinajstić information content (AvgIpc) is 3.23. The summed E-state index contributed by atoms with van der Waals surface area (Å²) in [6, 6.07) is 3.89. The van der Waals surface area contributed by atoms with Crippen molar-refractivity contribution in [2.75, 3.05) is 18.0 Å². The maximum atomic E-state index is 12.4. The lowest BCUT2D eigenvalue weighted by molar-refractivity contribution is 0.0925. The van der Waals surface area contributed by atoms with Gasteiger partial charge in [0, 0.05) is 32.4 Å². The summed E-state index contributed by atoms with van der Waals surface area (Å²) < 4.78 is 7.18. The van der Waals surface area contributed by atoms with E-state index < -0.39 is 0 Å². The molecule has 0 aliphatic carbocycles. The molecule has 1 amide bonds. The molecular weight excluding hydrogens is 306 g/mol. The number of fused-ring (bicyclic) bond motifs is 1. The minimum Gasteiger partial charge on any atom is -0.464 e. The Morgan fingerprint density at radius 1 is 1.42 bits per heavy atom. The van der Waals surface area contributed by atoms with Crippen LogP contribution in [0.15, 0.2) is 41.5 Å². The maximum absolute atomic E-state index is 12.4. The number of carbonyl (C=O) groups is 1. The lowest BCUT2D eigenvalue weighted by Crippen LogP contribution is -2.48. The lowest BCUT2D eigenvalue weighted by Gasteiger charge is -2.34. The van der Waals surface area contributed by atoms with Crippen molar-refractivity contribution in [3.8, 4) is 0 Å². The van der Waals surface area contributed by atoms with Gasteiger partial charge in [0.15, 0.2) is 0 Å². The van der Waals surface area contributed by atoms with Crippen LogP contribution in [0.25, 0.3) is 11.0 Å². The summed E-state index contributed by atoms with van der Waals surface area (Å²) in [5, 5.41) is 4.12. The molecule has 7 nitrogen and oxygen atoms in total. The number of rotatable bonds is 3. The number of carbonyl (C=O) groups excluding carboxylic acids is 1. The Morgan fingerprint density at radius 2 is 2.33 bits per heavy atom. The van der Waals surface area contributed by atoms with E-state index in [9.17, 15) is 4.79 Å². The summed E-state index contributed by atoms with van der Waals surface area (Å²) in [4.78, 5) is 23.1. The van der Waals surface area contributed by atoms with Crippen LogP contribution in [0.2, 0.25) is 0 Å². The molecule has 1 unspecified atom stereocenters. The second kappa shape index (κ2) is 5.99. The van der Waals surface area contributed by atoms with E-state index in [0.29, 0.717) is 5.69 Å². The maximum Gasteiger partial charge on any atom is 0.269 e. The van der Waals surface area contributed by atoms with Crippen molar-refractivity contribution in [1.82, 2.24) is 19.9 Å². The van der Waals surface area contributed by atoms with Crippen molar-refractivity contribution in [3.63, 3.8) is 0 Å². The first-order valence-electron chi connectivity index (χ1n) is 8.07. The predicted octanol–water partition coefficient (Wildman–Crippen LogP) is 1.96. The molecule has 0 saturated carbocycles. The molecule has 0 bridgehead atoms. The highest BCUT2D eigenvalue weighted by molar-refractivity contribution is 5.92. The van der Waals surface area contributed by atoms with Gasteiger partial charge in [0.25, 0.3) is 5.91 Å². The summed E-state index contributed by atoms with van der Waals surface area (Å²) in [5.74, 6) is 0.831. The zero-order chi connectivity index (χ0) is 16.5. The Labute approximate surface area is 139 Å². The van der Waals surface area contributed by atoms with Crippen LogP contribution in [0.5, 0.6) is 0 Å². The third kappa shape index (κ3) is 2.62. The number of nitrogens with zero attached hydrogens (tertiary/aromatic N) is 4. The number of aromatic nitrogens is 3. The molecule has 124 valence electrons. The molecule has 0 radical (unpaired) electrons. The quantitative estimate of drug-likeness (QED) is 0.796. The fourth-order valence-corrected chi connectivity index (χ4v) is 3.25. The summed E-state index contributed by atoms with van der Waals surface area (Å²) in [6.45, 7) is 1.66. The van der Waals surface area contributed by atoms with Gasteiger partial charge in [0.2, 0.25) is 0 Å². The van der Waals surface area contributed by atoms with Crippen LogP contribution in [0.3, 0.4) is 0 Å². The molecule has 4 heterocycles. The molecule has 3 aromatic rings. The SMILES string of the molecule is Cn1cncc1C(=O)NC1CCCN(c2nccc3occc23)C1. The number of aryl methyl sites for hydroxylation is 1. The summed E-state index contributed by atoms with van der Waals surface area (Å²) >= 11 is 0. The van der Waals surface area contributed by atoms with Crippen molar-refractivity contribution in [1.29, 1.82) is 0 Å². The van der Waals surface area contributed by atoms with E-state index in [1.54, 1.807) is 29.6 Å². The van der Waals surface area contributed by atoms with E-state index in [1.807, 2.05) is 19.2 Å². The summed E-state index contributed by atoms with van der Waals surface area (Å²) in [7, 11) is 1.82. The van der Waals surface area contributed by atoms with Crippen LogP contribution in [0.4, 0.5) is 5.82 Å². The standard InChI is InChI=1S/C17H19N5O2/c1-21-11-18-9-14(21)17(23)20-12-3-2-7-22(10-12)16-13-5-8-24-15(13)4-6-19-16/h4-6,8-9,11-12H,2-3,7,10H2,1H3,(H,20,23). The van der Waals surface area contributed by atoms with Crippen LogP contribution in [-0.2, 0) is 7.05 Å². The number of imidazole rings is 1. The minimum absolute atomic E-state index is 0.0867. The number of nitrogens with one attached hydrogen (secondary N) is 1. The van der Waals surface area contributed by atoms with Crippen LogP contribution in [-0.4, -0.2) is 39.6 Å². The van der Waals surface area contributed by atoms with Gasteiger partial charge in [-0.25, -0.2) is 9.97 Å². The molecule has 1 saturated heterocycles. The highest BCUT2D eigenvalue weighted by Gasteiger charge is 2.24. The molecule has 24 heavy (non-hydrogen) atoms. The predicted molar refractivity (Wildman–Crippen MR) is 89.9 cm³/mol. The Morgan fingerprint density at radius 3 is 3.17 bits per heavy atom. The van der Waals surface area contributed by atoms with E-state index in [-0.39, 0.29) is 11.9 Å². The van der Waals surface area contributed by atoms with Crippen LogP contribution < -0.4 is 10.2 Å². The largest absolute Gasteiger partial charge is 0.464 e. The summed E-state index contributed by atoms with van der Waals surface area (Å²) in [6.07, 6.45) is 8.63. The van der Waals surface area contributed by atoms with Gasteiger partial charge in [0.1, 0.15) is 17.1 Å². The molecule has 1 atom stereocenters. The smallest absolute Gasteiger partial charge is 0.269 e. The number of furan rings is 1. The number of pyridine rings is 1. The van der Waals surface area contributed by atoms with Crippen molar-refractivity contribution < 1.29 is 9.21 Å².